The highest BCUT2D eigenvalue weighted by Crippen LogP contribution is 2.28. The fourth-order valence-electron chi connectivity index (χ4n) is 3.97. The van der Waals surface area contributed by atoms with Gasteiger partial charge in [-0.15, -0.1) is 0 Å². The van der Waals surface area contributed by atoms with Crippen molar-refractivity contribution in [3.05, 3.63) is 99.6 Å². The summed E-state index contributed by atoms with van der Waals surface area (Å²) in [5, 5.41) is 14.6. The SMILES string of the molecule is COc1ccccc1N1CCN(Cc2ccc(C(=O)N/N=C\c3ccc([N+](=O)[O-])cc3)cc2)CC1. The molecule has 1 saturated heterocycles. The van der Waals surface area contributed by atoms with E-state index in [1.807, 2.05) is 30.3 Å². The Balaban J connectivity index is 1.26. The van der Waals surface area contributed by atoms with E-state index in [0.717, 1.165) is 49.7 Å². The Bertz CT molecular complexity index is 1190. The number of hydrazone groups is 1. The number of carbonyl (C=O) groups excluding carboxylic acids is 1. The van der Waals surface area contributed by atoms with Crippen LogP contribution < -0.4 is 15.1 Å². The Morgan fingerprint density at radius 3 is 2.37 bits per heavy atom. The van der Waals surface area contributed by atoms with Gasteiger partial charge in [0.05, 0.1) is 23.9 Å². The fourth-order valence-corrected chi connectivity index (χ4v) is 3.97. The van der Waals surface area contributed by atoms with Crippen molar-refractivity contribution in [3.63, 3.8) is 0 Å². The van der Waals surface area contributed by atoms with E-state index in [9.17, 15) is 14.9 Å². The van der Waals surface area contributed by atoms with Gasteiger partial charge in [-0.25, -0.2) is 5.43 Å². The van der Waals surface area contributed by atoms with Crippen molar-refractivity contribution in [2.75, 3.05) is 38.2 Å². The van der Waals surface area contributed by atoms with Crippen molar-refractivity contribution >= 4 is 23.5 Å². The number of nitrogens with one attached hydrogen (secondary N) is 1. The highest BCUT2D eigenvalue weighted by atomic mass is 16.6. The number of hydrogen-bond acceptors (Lipinski definition) is 7. The molecule has 35 heavy (non-hydrogen) atoms. The van der Waals surface area contributed by atoms with Crippen LogP contribution in [-0.4, -0.2) is 55.2 Å². The summed E-state index contributed by atoms with van der Waals surface area (Å²) in [5.41, 5.74) is 5.92. The monoisotopic (exact) mass is 473 g/mol. The Hall–Kier alpha value is -4.24. The van der Waals surface area contributed by atoms with E-state index in [0.29, 0.717) is 11.1 Å². The molecule has 1 heterocycles. The Kier molecular flexibility index (Phi) is 7.69. The summed E-state index contributed by atoms with van der Waals surface area (Å²) in [5.74, 6) is 0.576. The molecule has 0 radical (unpaired) electrons. The molecule has 0 atom stereocenters. The van der Waals surface area contributed by atoms with Crippen molar-refractivity contribution in [3.8, 4) is 5.75 Å². The molecule has 9 heteroatoms. The molecule has 0 spiro atoms. The highest BCUT2D eigenvalue weighted by molar-refractivity contribution is 5.94. The molecule has 180 valence electrons. The second-order valence-corrected chi connectivity index (χ2v) is 8.18. The number of hydrogen-bond donors (Lipinski definition) is 1. The van der Waals surface area contributed by atoms with Gasteiger partial charge in [-0.1, -0.05) is 24.3 Å². The summed E-state index contributed by atoms with van der Waals surface area (Å²) in [7, 11) is 1.70. The van der Waals surface area contributed by atoms with Gasteiger partial charge in [0.2, 0.25) is 0 Å². The van der Waals surface area contributed by atoms with Gasteiger partial charge in [0.15, 0.2) is 0 Å². The van der Waals surface area contributed by atoms with Gasteiger partial charge in [0.25, 0.3) is 11.6 Å². The zero-order chi connectivity index (χ0) is 24.6. The molecule has 0 aliphatic carbocycles. The quantitative estimate of drug-likeness (QED) is 0.304. The molecule has 1 fully saturated rings. The average molecular weight is 474 g/mol. The van der Waals surface area contributed by atoms with Gasteiger partial charge in [-0.3, -0.25) is 19.8 Å². The standard InChI is InChI=1S/C26H27N5O4/c1-35-25-5-3-2-4-24(25)30-16-14-29(15-17-30)19-21-6-10-22(11-7-21)26(32)28-27-18-20-8-12-23(13-9-20)31(33)34/h2-13,18H,14-17,19H2,1H3,(H,28,32)/b27-18-. The molecule has 9 nitrogen and oxygen atoms in total. The number of anilines is 1. The summed E-state index contributed by atoms with van der Waals surface area (Å²) >= 11 is 0. The topological polar surface area (TPSA) is 100 Å². The molecule has 1 aliphatic heterocycles. The molecule has 0 aromatic heterocycles. The number of ether oxygens (including phenoxy) is 1. The zero-order valence-corrected chi connectivity index (χ0v) is 19.5. The largest absolute Gasteiger partial charge is 0.495 e. The molecule has 1 N–H and O–H groups in total. The van der Waals surface area contributed by atoms with Crippen molar-refractivity contribution < 1.29 is 14.5 Å². The van der Waals surface area contributed by atoms with E-state index in [4.69, 9.17) is 4.74 Å². The van der Waals surface area contributed by atoms with Gasteiger partial charge in [-0.2, -0.15) is 5.10 Å². The second kappa shape index (κ2) is 11.3. The predicted molar refractivity (Wildman–Crippen MR) is 135 cm³/mol. The first-order valence-electron chi connectivity index (χ1n) is 11.3. The minimum absolute atomic E-state index is 0.00424. The lowest BCUT2D eigenvalue weighted by Gasteiger charge is -2.36. The number of rotatable bonds is 8. The van der Waals surface area contributed by atoms with E-state index in [2.05, 4.69) is 26.4 Å². The summed E-state index contributed by atoms with van der Waals surface area (Å²) in [6.07, 6.45) is 1.45. The van der Waals surface area contributed by atoms with Gasteiger partial charge in [-0.05, 0) is 47.5 Å². The van der Waals surface area contributed by atoms with Crippen molar-refractivity contribution in [1.82, 2.24) is 10.3 Å². The first kappa shape index (κ1) is 23.9. The molecular weight excluding hydrogens is 446 g/mol. The van der Waals surface area contributed by atoms with Crippen LogP contribution in [0.4, 0.5) is 11.4 Å². The Morgan fingerprint density at radius 1 is 1.03 bits per heavy atom. The van der Waals surface area contributed by atoms with Crippen LogP contribution in [0.1, 0.15) is 21.5 Å². The lowest BCUT2D eigenvalue weighted by molar-refractivity contribution is -0.384. The molecule has 0 saturated carbocycles. The summed E-state index contributed by atoms with van der Waals surface area (Å²) in [4.78, 5) is 27.3. The summed E-state index contributed by atoms with van der Waals surface area (Å²) in [6.45, 7) is 4.55. The van der Waals surface area contributed by atoms with Crippen LogP contribution in [0, 0.1) is 10.1 Å². The molecule has 3 aromatic rings. The second-order valence-electron chi connectivity index (χ2n) is 8.18. The third-order valence-electron chi connectivity index (χ3n) is 5.90. The average Bonchev–Trinajstić information content (AvgIpc) is 2.90. The van der Waals surface area contributed by atoms with Crippen LogP contribution in [0.25, 0.3) is 0 Å². The predicted octanol–water partition coefficient (Wildman–Crippen LogP) is 3.69. The normalized spacial score (nSPS) is 14.1. The zero-order valence-electron chi connectivity index (χ0n) is 19.5. The highest BCUT2D eigenvalue weighted by Gasteiger charge is 2.19. The Labute approximate surface area is 203 Å². The number of para-hydroxylation sites is 2. The Morgan fingerprint density at radius 2 is 1.71 bits per heavy atom. The first-order chi connectivity index (χ1) is 17.0. The summed E-state index contributed by atoms with van der Waals surface area (Å²) < 4.78 is 5.49. The van der Waals surface area contributed by atoms with Crippen LogP contribution in [0.15, 0.2) is 77.9 Å². The van der Waals surface area contributed by atoms with Crippen molar-refractivity contribution in [1.29, 1.82) is 0 Å². The molecule has 0 unspecified atom stereocenters. The van der Waals surface area contributed by atoms with E-state index in [1.165, 1.54) is 18.3 Å². The van der Waals surface area contributed by atoms with Crippen LogP contribution >= 0.6 is 0 Å². The third-order valence-corrected chi connectivity index (χ3v) is 5.90. The molecule has 0 bridgehead atoms. The van der Waals surface area contributed by atoms with Crippen LogP contribution in [0.5, 0.6) is 5.75 Å². The third kappa shape index (κ3) is 6.21. The smallest absolute Gasteiger partial charge is 0.271 e. The number of nitro benzene ring substituents is 1. The molecule has 4 rings (SSSR count). The molecule has 1 amide bonds. The first-order valence-corrected chi connectivity index (χ1v) is 11.3. The van der Waals surface area contributed by atoms with Gasteiger partial charge in [0.1, 0.15) is 5.75 Å². The number of nitro groups is 1. The maximum absolute atomic E-state index is 12.4. The lowest BCUT2D eigenvalue weighted by Crippen LogP contribution is -2.46. The van der Waals surface area contributed by atoms with E-state index < -0.39 is 4.92 Å². The minimum atomic E-state index is -0.464. The number of methoxy groups -OCH3 is 1. The van der Waals surface area contributed by atoms with Crippen LogP contribution in [0.2, 0.25) is 0 Å². The molecular formula is C26H27N5O4. The van der Waals surface area contributed by atoms with Gasteiger partial charge < -0.3 is 9.64 Å². The fraction of sp³-hybridized carbons (Fsp3) is 0.231. The number of carbonyl (C=O) groups is 1. The van der Waals surface area contributed by atoms with E-state index >= 15 is 0 Å². The molecule has 1 aliphatic rings. The number of benzene rings is 3. The van der Waals surface area contributed by atoms with E-state index in [1.54, 1.807) is 31.4 Å². The summed E-state index contributed by atoms with van der Waals surface area (Å²) in [6, 6.07) is 21.5. The van der Waals surface area contributed by atoms with Crippen LogP contribution in [-0.2, 0) is 6.54 Å². The van der Waals surface area contributed by atoms with E-state index in [-0.39, 0.29) is 11.6 Å². The lowest BCUT2D eigenvalue weighted by atomic mass is 10.1. The van der Waals surface area contributed by atoms with Crippen molar-refractivity contribution in [2.45, 2.75) is 6.54 Å². The molecule has 3 aromatic carbocycles. The van der Waals surface area contributed by atoms with Crippen LogP contribution in [0.3, 0.4) is 0 Å². The van der Waals surface area contributed by atoms with Gasteiger partial charge in [0, 0.05) is 50.4 Å². The minimum Gasteiger partial charge on any atom is -0.495 e. The number of amides is 1. The van der Waals surface area contributed by atoms with Gasteiger partial charge >= 0.3 is 0 Å². The number of nitrogens with zero attached hydrogens (tertiary/aromatic N) is 4. The maximum atomic E-state index is 12.4. The van der Waals surface area contributed by atoms with Crippen molar-refractivity contribution in [2.24, 2.45) is 5.10 Å². The number of non-ortho nitro benzene ring substituents is 1. The maximum Gasteiger partial charge on any atom is 0.271 e. The number of piperazine rings is 1.